The molecule has 0 aliphatic heterocycles. The van der Waals surface area contributed by atoms with E-state index in [1.807, 2.05) is 31.2 Å². The minimum absolute atomic E-state index is 0.458. The maximum Gasteiger partial charge on any atom is 0.239 e. The van der Waals surface area contributed by atoms with E-state index < -0.39 is 0 Å². The Bertz CT molecular complexity index is 664. The zero-order valence-corrected chi connectivity index (χ0v) is 9.11. The van der Waals surface area contributed by atoms with Gasteiger partial charge in [-0.05, 0) is 35.0 Å². The Kier molecular flexibility index (Phi) is 2.18. The van der Waals surface area contributed by atoms with Crippen LogP contribution >= 0.6 is 0 Å². The highest BCUT2D eigenvalue weighted by atomic mass is 16.5. The van der Waals surface area contributed by atoms with Crippen molar-refractivity contribution in [1.29, 1.82) is 0 Å². The summed E-state index contributed by atoms with van der Waals surface area (Å²) in [5.41, 5.74) is 1.63. The molecule has 0 atom stereocenters. The predicted molar refractivity (Wildman–Crippen MR) is 59.8 cm³/mol. The Labute approximate surface area is 96.8 Å². The number of hydrogen-bond acceptors (Lipinski definition) is 5. The number of fused-ring (bicyclic) bond motifs is 1. The van der Waals surface area contributed by atoms with Gasteiger partial charge >= 0.3 is 0 Å². The van der Waals surface area contributed by atoms with E-state index in [1.54, 1.807) is 12.1 Å². The molecular weight excluding hydrogens is 218 g/mol. The van der Waals surface area contributed by atoms with Crippen LogP contribution < -0.4 is 4.74 Å². The second-order valence-corrected chi connectivity index (χ2v) is 3.57. The molecule has 2 aromatic heterocycles. The van der Waals surface area contributed by atoms with E-state index in [-0.39, 0.29) is 0 Å². The predicted octanol–water partition coefficient (Wildman–Crippen LogP) is 1.62. The van der Waals surface area contributed by atoms with Crippen molar-refractivity contribution in [3.8, 4) is 11.6 Å². The molecule has 17 heavy (non-hydrogen) atoms. The zero-order valence-electron chi connectivity index (χ0n) is 9.11. The molecule has 0 N–H and O–H groups in total. The molecule has 2 heterocycles. The molecule has 0 saturated heterocycles. The third-order valence-corrected chi connectivity index (χ3v) is 2.35. The van der Waals surface area contributed by atoms with Gasteiger partial charge in [0.25, 0.3) is 0 Å². The summed E-state index contributed by atoms with van der Waals surface area (Å²) in [4.78, 5) is 0. The van der Waals surface area contributed by atoms with E-state index in [1.165, 1.54) is 4.63 Å². The maximum absolute atomic E-state index is 5.66. The molecule has 0 radical (unpaired) electrons. The fourth-order valence-electron chi connectivity index (χ4n) is 1.47. The quantitative estimate of drug-likeness (QED) is 0.665. The normalized spacial score (nSPS) is 10.6. The molecule has 0 saturated carbocycles. The monoisotopic (exact) mass is 227 g/mol. The van der Waals surface area contributed by atoms with Gasteiger partial charge in [-0.1, -0.05) is 18.2 Å². The standard InChI is InChI=1S/C11H9N5O/c1-8-4-2-3-5-9(8)17-11-7-6-10-12-14-15-16(10)13-11/h2-7H,1H3. The number of para-hydroxylation sites is 1. The van der Waals surface area contributed by atoms with Gasteiger partial charge < -0.3 is 4.74 Å². The second-order valence-electron chi connectivity index (χ2n) is 3.57. The van der Waals surface area contributed by atoms with Gasteiger partial charge in [0.1, 0.15) is 5.75 Å². The number of hydrogen-bond donors (Lipinski definition) is 0. The van der Waals surface area contributed by atoms with Gasteiger partial charge in [-0.2, -0.15) is 0 Å². The summed E-state index contributed by atoms with van der Waals surface area (Å²) in [6, 6.07) is 11.2. The number of aromatic nitrogens is 5. The number of ether oxygens (including phenoxy) is 1. The van der Waals surface area contributed by atoms with Crippen molar-refractivity contribution in [3.63, 3.8) is 0 Å². The van der Waals surface area contributed by atoms with Crippen LogP contribution in [0.3, 0.4) is 0 Å². The summed E-state index contributed by atoms with van der Waals surface area (Å²) in [6.45, 7) is 1.98. The van der Waals surface area contributed by atoms with Gasteiger partial charge in [0, 0.05) is 6.07 Å². The van der Waals surface area contributed by atoms with Crippen LogP contribution in [0.5, 0.6) is 11.6 Å². The Morgan fingerprint density at radius 1 is 1.12 bits per heavy atom. The van der Waals surface area contributed by atoms with E-state index in [4.69, 9.17) is 4.74 Å². The highest BCUT2D eigenvalue weighted by Crippen LogP contribution is 2.22. The fraction of sp³-hybridized carbons (Fsp3) is 0.0909. The van der Waals surface area contributed by atoms with Crippen LogP contribution in [0.4, 0.5) is 0 Å². The number of aryl methyl sites for hydroxylation is 1. The van der Waals surface area contributed by atoms with Crippen molar-refractivity contribution >= 4 is 5.65 Å². The van der Waals surface area contributed by atoms with Gasteiger partial charge in [0.2, 0.25) is 5.88 Å². The summed E-state index contributed by atoms with van der Waals surface area (Å²) in [5.74, 6) is 1.23. The van der Waals surface area contributed by atoms with Crippen LogP contribution in [-0.4, -0.2) is 25.3 Å². The Hall–Kier alpha value is -2.50. The highest BCUT2D eigenvalue weighted by Gasteiger charge is 2.04. The van der Waals surface area contributed by atoms with Crippen LogP contribution in [0.25, 0.3) is 5.65 Å². The second kappa shape index (κ2) is 3.82. The number of tetrazole rings is 1. The Morgan fingerprint density at radius 3 is 2.88 bits per heavy atom. The van der Waals surface area contributed by atoms with Crippen molar-refractivity contribution in [2.45, 2.75) is 6.92 Å². The molecule has 3 rings (SSSR count). The van der Waals surface area contributed by atoms with Gasteiger partial charge in [0.05, 0.1) is 0 Å². The molecule has 0 bridgehead atoms. The number of rotatable bonds is 2. The molecule has 6 nitrogen and oxygen atoms in total. The summed E-state index contributed by atoms with van der Waals surface area (Å²) in [5, 5.41) is 15.1. The molecule has 0 aliphatic rings. The van der Waals surface area contributed by atoms with Gasteiger partial charge in [0.15, 0.2) is 5.65 Å². The van der Waals surface area contributed by atoms with Gasteiger partial charge in [-0.15, -0.1) is 14.8 Å². The van der Waals surface area contributed by atoms with Crippen LogP contribution in [0.15, 0.2) is 36.4 Å². The van der Waals surface area contributed by atoms with Crippen molar-refractivity contribution < 1.29 is 4.74 Å². The lowest BCUT2D eigenvalue weighted by molar-refractivity contribution is 0.444. The molecule has 84 valence electrons. The topological polar surface area (TPSA) is 65.2 Å². The lowest BCUT2D eigenvalue weighted by Crippen LogP contribution is -1.97. The molecule has 1 aromatic carbocycles. The molecule has 0 spiro atoms. The van der Waals surface area contributed by atoms with E-state index in [2.05, 4.69) is 20.6 Å². The van der Waals surface area contributed by atoms with Gasteiger partial charge in [-0.3, -0.25) is 0 Å². The van der Waals surface area contributed by atoms with Gasteiger partial charge in [-0.25, -0.2) is 0 Å². The van der Waals surface area contributed by atoms with Crippen molar-refractivity contribution in [2.24, 2.45) is 0 Å². The Morgan fingerprint density at radius 2 is 2.00 bits per heavy atom. The summed E-state index contributed by atoms with van der Waals surface area (Å²) in [6.07, 6.45) is 0. The largest absolute Gasteiger partial charge is 0.437 e. The third kappa shape index (κ3) is 1.80. The number of benzene rings is 1. The third-order valence-electron chi connectivity index (χ3n) is 2.35. The van der Waals surface area contributed by atoms with Crippen molar-refractivity contribution in [3.05, 3.63) is 42.0 Å². The lowest BCUT2D eigenvalue weighted by atomic mass is 10.2. The highest BCUT2D eigenvalue weighted by molar-refractivity contribution is 5.38. The van der Waals surface area contributed by atoms with Crippen LogP contribution in [0, 0.1) is 6.92 Å². The first-order valence-electron chi connectivity index (χ1n) is 5.12. The van der Waals surface area contributed by atoms with Crippen LogP contribution in [0.2, 0.25) is 0 Å². The number of nitrogens with zero attached hydrogens (tertiary/aromatic N) is 5. The first-order chi connectivity index (χ1) is 8.33. The lowest BCUT2D eigenvalue weighted by Gasteiger charge is -2.06. The smallest absolute Gasteiger partial charge is 0.239 e. The SMILES string of the molecule is Cc1ccccc1Oc1ccc2nnnn2n1. The van der Waals surface area contributed by atoms with E-state index in [9.17, 15) is 0 Å². The minimum atomic E-state index is 0.458. The molecule has 0 unspecified atom stereocenters. The molecule has 3 aromatic rings. The molecule has 0 fully saturated rings. The van der Waals surface area contributed by atoms with E-state index in [0.717, 1.165) is 11.3 Å². The summed E-state index contributed by atoms with van der Waals surface area (Å²) < 4.78 is 6.99. The van der Waals surface area contributed by atoms with E-state index in [0.29, 0.717) is 11.5 Å². The maximum atomic E-state index is 5.66. The Balaban J connectivity index is 1.97. The van der Waals surface area contributed by atoms with E-state index >= 15 is 0 Å². The molecule has 0 amide bonds. The molecule has 6 heteroatoms. The summed E-state index contributed by atoms with van der Waals surface area (Å²) in [7, 11) is 0. The molecular formula is C11H9N5O. The minimum Gasteiger partial charge on any atom is -0.437 e. The van der Waals surface area contributed by atoms with Crippen LogP contribution in [0.1, 0.15) is 5.56 Å². The van der Waals surface area contributed by atoms with Crippen molar-refractivity contribution in [1.82, 2.24) is 25.3 Å². The zero-order chi connectivity index (χ0) is 11.7. The summed E-state index contributed by atoms with van der Waals surface area (Å²) >= 11 is 0. The average Bonchev–Trinajstić information content (AvgIpc) is 2.79. The van der Waals surface area contributed by atoms with Crippen LogP contribution in [-0.2, 0) is 0 Å². The van der Waals surface area contributed by atoms with Crippen molar-refractivity contribution in [2.75, 3.05) is 0 Å². The fourth-order valence-corrected chi connectivity index (χ4v) is 1.47. The first kappa shape index (κ1) is 9.71. The average molecular weight is 227 g/mol. The first-order valence-corrected chi connectivity index (χ1v) is 5.12. The molecule has 0 aliphatic carbocycles.